The summed E-state index contributed by atoms with van der Waals surface area (Å²) < 4.78 is 5.29. The van der Waals surface area contributed by atoms with Crippen LogP contribution in [0.4, 0.5) is 0 Å². The number of likely N-dealkylation sites (tertiary alicyclic amines) is 1. The molecule has 1 aromatic carbocycles. The Hall–Kier alpha value is -1.55. The van der Waals surface area contributed by atoms with Crippen molar-refractivity contribution < 1.29 is 14.6 Å². The van der Waals surface area contributed by atoms with Crippen molar-refractivity contribution in [1.29, 1.82) is 0 Å². The van der Waals surface area contributed by atoms with Crippen LogP contribution in [0.3, 0.4) is 0 Å². The number of hydrogen-bond acceptors (Lipinski definition) is 3. The zero-order valence-electron chi connectivity index (χ0n) is 12.5. The van der Waals surface area contributed by atoms with Gasteiger partial charge in [-0.3, -0.25) is 4.79 Å². The Morgan fingerprint density at radius 3 is 2.80 bits per heavy atom. The summed E-state index contributed by atoms with van der Waals surface area (Å²) in [5.74, 6) is 0.597. The van der Waals surface area contributed by atoms with Gasteiger partial charge >= 0.3 is 0 Å². The second-order valence-electron chi connectivity index (χ2n) is 5.85. The van der Waals surface area contributed by atoms with Gasteiger partial charge in [0.2, 0.25) is 0 Å². The van der Waals surface area contributed by atoms with Gasteiger partial charge in [-0.25, -0.2) is 0 Å². The Bertz CT molecular complexity index is 496. The monoisotopic (exact) mass is 277 g/mol. The van der Waals surface area contributed by atoms with E-state index in [0.29, 0.717) is 30.8 Å². The summed E-state index contributed by atoms with van der Waals surface area (Å²) >= 11 is 0. The lowest BCUT2D eigenvalue weighted by Crippen LogP contribution is -2.33. The predicted octanol–water partition coefficient (Wildman–Crippen LogP) is 2.38. The van der Waals surface area contributed by atoms with Gasteiger partial charge in [-0.05, 0) is 45.2 Å². The van der Waals surface area contributed by atoms with Crippen LogP contribution in [0.15, 0.2) is 18.2 Å². The second kappa shape index (κ2) is 5.83. The lowest BCUT2D eigenvalue weighted by molar-refractivity contribution is 0.0437. The summed E-state index contributed by atoms with van der Waals surface area (Å²) in [5, 5.41) is 10.1. The van der Waals surface area contributed by atoms with Gasteiger partial charge in [-0.1, -0.05) is 11.6 Å². The molecule has 2 rings (SSSR count). The molecule has 0 radical (unpaired) electrons. The summed E-state index contributed by atoms with van der Waals surface area (Å²) in [6.07, 6.45) is 2.18. The summed E-state index contributed by atoms with van der Waals surface area (Å²) in [4.78, 5) is 14.5. The van der Waals surface area contributed by atoms with Crippen molar-refractivity contribution >= 4 is 5.91 Å². The van der Waals surface area contributed by atoms with Crippen LogP contribution in [0.1, 0.15) is 42.1 Å². The van der Waals surface area contributed by atoms with Crippen LogP contribution in [0, 0.1) is 6.92 Å². The van der Waals surface area contributed by atoms with E-state index in [1.165, 1.54) is 0 Å². The number of rotatable bonds is 2. The average Bonchev–Trinajstić information content (AvgIpc) is 2.59. The molecule has 0 spiro atoms. The molecule has 0 bridgehead atoms. The van der Waals surface area contributed by atoms with Crippen LogP contribution in [0.5, 0.6) is 5.75 Å². The zero-order valence-corrected chi connectivity index (χ0v) is 12.5. The third kappa shape index (κ3) is 3.31. The highest BCUT2D eigenvalue weighted by Gasteiger charge is 2.28. The number of carbonyl (C=O) groups is 1. The van der Waals surface area contributed by atoms with Crippen LogP contribution in [0.25, 0.3) is 0 Å². The number of benzene rings is 1. The highest BCUT2D eigenvalue weighted by atomic mass is 16.5. The Morgan fingerprint density at radius 1 is 1.35 bits per heavy atom. The van der Waals surface area contributed by atoms with Gasteiger partial charge < -0.3 is 14.7 Å². The minimum absolute atomic E-state index is 0.0109. The molecule has 1 heterocycles. The largest absolute Gasteiger partial charge is 0.496 e. The molecule has 1 aliphatic heterocycles. The number of hydrogen-bond donors (Lipinski definition) is 1. The van der Waals surface area contributed by atoms with Gasteiger partial charge in [0.1, 0.15) is 5.75 Å². The minimum Gasteiger partial charge on any atom is -0.496 e. The molecule has 1 amide bonds. The van der Waals surface area contributed by atoms with Crippen molar-refractivity contribution in [2.75, 3.05) is 20.2 Å². The highest BCUT2D eigenvalue weighted by molar-refractivity contribution is 5.97. The molecule has 1 fully saturated rings. The zero-order chi connectivity index (χ0) is 14.8. The topological polar surface area (TPSA) is 49.8 Å². The summed E-state index contributed by atoms with van der Waals surface area (Å²) in [6.45, 7) is 5.08. The molecule has 4 nitrogen and oxygen atoms in total. The maximum absolute atomic E-state index is 12.7. The van der Waals surface area contributed by atoms with E-state index in [2.05, 4.69) is 0 Å². The normalized spacial score (nSPS) is 23.3. The van der Waals surface area contributed by atoms with E-state index in [1.807, 2.05) is 36.9 Å². The molecule has 1 aliphatic rings. The van der Waals surface area contributed by atoms with Crippen molar-refractivity contribution in [2.24, 2.45) is 0 Å². The number of amides is 1. The van der Waals surface area contributed by atoms with Gasteiger partial charge in [0.05, 0.1) is 18.3 Å². The maximum Gasteiger partial charge on any atom is 0.257 e. The molecule has 1 atom stereocenters. The van der Waals surface area contributed by atoms with E-state index < -0.39 is 5.60 Å². The van der Waals surface area contributed by atoms with Gasteiger partial charge in [-0.15, -0.1) is 0 Å². The Morgan fingerprint density at radius 2 is 2.10 bits per heavy atom. The lowest BCUT2D eigenvalue weighted by Gasteiger charge is -2.23. The summed E-state index contributed by atoms with van der Waals surface area (Å²) in [5.41, 5.74) is 0.983. The number of nitrogens with zero attached hydrogens (tertiary/aromatic N) is 1. The van der Waals surface area contributed by atoms with E-state index >= 15 is 0 Å². The SMILES string of the molecule is COc1ccc(C)cc1C(=O)N1CCCC(C)(O)CC1. The molecule has 1 saturated heterocycles. The number of aliphatic hydroxyl groups is 1. The molecule has 1 aromatic rings. The second-order valence-corrected chi connectivity index (χ2v) is 5.85. The van der Waals surface area contributed by atoms with Crippen LogP contribution < -0.4 is 4.74 Å². The minimum atomic E-state index is -0.661. The summed E-state index contributed by atoms with van der Waals surface area (Å²) in [6, 6.07) is 5.63. The molecular formula is C16H23NO3. The van der Waals surface area contributed by atoms with Crippen molar-refractivity contribution in [3.8, 4) is 5.75 Å². The van der Waals surface area contributed by atoms with Gasteiger partial charge in [0.25, 0.3) is 5.91 Å². The van der Waals surface area contributed by atoms with Gasteiger partial charge in [0, 0.05) is 13.1 Å². The molecule has 4 heteroatoms. The standard InChI is InChI=1S/C16H23NO3/c1-12-5-6-14(20-3)13(11-12)15(18)17-9-4-7-16(2,19)8-10-17/h5-6,11,19H,4,7-10H2,1-3H3. The molecule has 110 valence electrons. The first-order valence-electron chi connectivity index (χ1n) is 7.09. The first kappa shape index (κ1) is 14.9. The van der Waals surface area contributed by atoms with Crippen LogP contribution in [-0.4, -0.2) is 41.7 Å². The first-order chi connectivity index (χ1) is 9.43. The smallest absolute Gasteiger partial charge is 0.257 e. The van der Waals surface area contributed by atoms with E-state index in [-0.39, 0.29) is 5.91 Å². The lowest BCUT2D eigenvalue weighted by atomic mass is 9.98. The first-order valence-corrected chi connectivity index (χ1v) is 7.09. The molecule has 0 aliphatic carbocycles. The van der Waals surface area contributed by atoms with E-state index in [0.717, 1.165) is 18.4 Å². The van der Waals surface area contributed by atoms with Crippen molar-refractivity contribution in [1.82, 2.24) is 4.90 Å². The molecular weight excluding hydrogens is 254 g/mol. The molecule has 1 N–H and O–H groups in total. The Labute approximate surface area is 120 Å². The third-order valence-electron chi connectivity index (χ3n) is 3.94. The van der Waals surface area contributed by atoms with Crippen LogP contribution >= 0.6 is 0 Å². The fourth-order valence-corrected chi connectivity index (χ4v) is 2.63. The molecule has 1 unspecified atom stereocenters. The van der Waals surface area contributed by atoms with Crippen molar-refractivity contribution in [2.45, 2.75) is 38.7 Å². The van der Waals surface area contributed by atoms with E-state index in [1.54, 1.807) is 7.11 Å². The average molecular weight is 277 g/mol. The fourth-order valence-electron chi connectivity index (χ4n) is 2.63. The highest BCUT2D eigenvalue weighted by Crippen LogP contribution is 2.25. The van der Waals surface area contributed by atoms with Gasteiger partial charge in [-0.2, -0.15) is 0 Å². The number of methoxy groups -OCH3 is 1. The Balaban J connectivity index is 2.21. The molecule has 20 heavy (non-hydrogen) atoms. The van der Waals surface area contributed by atoms with E-state index in [4.69, 9.17) is 4.74 Å². The number of aryl methyl sites for hydroxylation is 1. The van der Waals surface area contributed by atoms with Gasteiger partial charge in [0.15, 0.2) is 0 Å². The third-order valence-corrected chi connectivity index (χ3v) is 3.94. The maximum atomic E-state index is 12.7. The molecule has 0 aromatic heterocycles. The quantitative estimate of drug-likeness (QED) is 0.903. The molecule has 0 saturated carbocycles. The predicted molar refractivity (Wildman–Crippen MR) is 78.1 cm³/mol. The van der Waals surface area contributed by atoms with Crippen molar-refractivity contribution in [3.05, 3.63) is 29.3 Å². The van der Waals surface area contributed by atoms with E-state index in [9.17, 15) is 9.90 Å². The fraction of sp³-hybridized carbons (Fsp3) is 0.562. The number of ether oxygens (including phenoxy) is 1. The van der Waals surface area contributed by atoms with Crippen LogP contribution in [-0.2, 0) is 0 Å². The van der Waals surface area contributed by atoms with Crippen LogP contribution in [0.2, 0.25) is 0 Å². The number of carbonyl (C=O) groups excluding carboxylic acids is 1. The van der Waals surface area contributed by atoms with Crippen molar-refractivity contribution in [3.63, 3.8) is 0 Å². The Kier molecular flexibility index (Phi) is 4.33. The summed E-state index contributed by atoms with van der Waals surface area (Å²) in [7, 11) is 1.58.